The van der Waals surface area contributed by atoms with Gasteiger partial charge in [0, 0.05) is 24.2 Å². The summed E-state index contributed by atoms with van der Waals surface area (Å²) in [5.41, 5.74) is 2.63. The Labute approximate surface area is 121 Å². The monoisotopic (exact) mass is 280 g/mol. The molecule has 3 rings (SSSR count). The van der Waals surface area contributed by atoms with Gasteiger partial charge in [-0.3, -0.25) is 0 Å². The molecule has 21 heavy (non-hydrogen) atoms. The lowest BCUT2D eigenvalue weighted by molar-refractivity contribution is 0.150. The van der Waals surface area contributed by atoms with E-state index in [1.54, 1.807) is 12.3 Å². The highest BCUT2D eigenvalue weighted by Gasteiger charge is 2.18. The Kier molecular flexibility index (Phi) is 3.24. The first-order valence-electron chi connectivity index (χ1n) is 6.51. The largest absolute Gasteiger partial charge is 0.465 e. The third-order valence-corrected chi connectivity index (χ3v) is 3.44. The summed E-state index contributed by atoms with van der Waals surface area (Å²) >= 11 is 0. The standard InChI is InChI=1S/C15H12N4O2/c16-7-12-6-14-10(8-17-12)3-4-13(18-14)11-2-1-5-19(9-11)15(20)21/h2-4,6,8H,1,5,9H2,(H,20,21). The number of nitriles is 1. The lowest BCUT2D eigenvalue weighted by Crippen LogP contribution is -2.34. The van der Waals surface area contributed by atoms with E-state index >= 15 is 0 Å². The lowest BCUT2D eigenvalue weighted by atomic mass is 10.1. The molecule has 1 aliphatic heterocycles. The Morgan fingerprint density at radius 2 is 2.29 bits per heavy atom. The first-order valence-corrected chi connectivity index (χ1v) is 6.51. The molecule has 0 fully saturated rings. The number of fused-ring (bicyclic) bond motifs is 1. The fourth-order valence-corrected chi connectivity index (χ4v) is 2.35. The Bertz CT molecular complexity index is 792. The van der Waals surface area contributed by atoms with Gasteiger partial charge in [0.05, 0.1) is 17.8 Å². The molecule has 3 heterocycles. The lowest BCUT2D eigenvalue weighted by Gasteiger charge is -2.24. The molecular formula is C15H12N4O2. The predicted molar refractivity (Wildman–Crippen MR) is 76.4 cm³/mol. The maximum Gasteiger partial charge on any atom is 0.407 e. The van der Waals surface area contributed by atoms with E-state index < -0.39 is 6.09 Å². The molecule has 0 radical (unpaired) electrons. The molecule has 1 N–H and O–H groups in total. The molecular weight excluding hydrogens is 268 g/mol. The maximum atomic E-state index is 11.1. The number of rotatable bonds is 1. The van der Waals surface area contributed by atoms with E-state index in [0.717, 1.165) is 16.7 Å². The van der Waals surface area contributed by atoms with Crippen molar-refractivity contribution in [1.29, 1.82) is 5.26 Å². The van der Waals surface area contributed by atoms with Crippen LogP contribution in [0.15, 0.2) is 30.5 Å². The highest BCUT2D eigenvalue weighted by molar-refractivity contribution is 5.82. The van der Waals surface area contributed by atoms with Gasteiger partial charge in [-0.25, -0.2) is 14.8 Å². The molecule has 0 aliphatic carbocycles. The van der Waals surface area contributed by atoms with E-state index in [9.17, 15) is 4.79 Å². The van der Waals surface area contributed by atoms with Crippen LogP contribution in [-0.4, -0.2) is 39.2 Å². The van der Waals surface area contributed by atoms with E-state index in [1.165, 1.54) is 4.90 Å². The molecule has 2 aromatic rings. The van der Waals surface area contributed by atoms with Gasteiger partial charge in [-0.2, -0.15) is 5.26 Å². The number of nitrogens with zero attached hydrogens (tertiary/aromatic N) is 4. The molecule has 0 spiro atoms. The quantitative estimate of drug-likeness (QED) is 0.865. The minimum Gasteiger partial charge on any atom is -0.465 e. The van der Waals surface area contributed by atoms with Gasteiger partial charge in [0.25, 0.3) is 0 Å². The minimum atomic E-state index is -0.919. The van der Waals surface area contributed by atoms with E-state index in [-0.39, 0.29) is 0 Å². The van der Waals surface area contributed by atoms with Crippen molar-refractivity contribution in [3.8, 4) is 6.07 Å². The smallest absolute Gasteiger partial charge is 0.407 e. The molecule has 6 heteroatoms. The molecule has 0 aromatic carbocycles. The van der Waals surface area contributed by atoms with Crippen molar-refractivity contribution in [3.63, 3.8) is 0 Å². The van der Waals surface area contributed by atoms with E-state index in [2.05, 4.69) is 9.97 Å². The number of amides is 1. The van der Waals surface area contributed by atoms with Crippen molar-refractivity contribution >= 4 is 22.6 Å². The predicted octanol–water partition coefficient (Wildman–Crippen LogP) is 2.27. The van der Waals surface area contributed by atoms with Crippen molar-refractivity contribution in [2.24, 2.45) is 0 Å². The molecule has 0 saturated heterocycles. The highest BCUT2D eigenvalue weighted by atomic mass is 16.4. The van der Waals surface area contributed by atoms with Gasteiger partial charge in [0.2, 0.25) is 0 Å². The highest BCUT2D eigenvalue weighted by Crippen LogP contribution is 2.22. The van der Waals surface area contributed by atoms with Crippen LogP contribution in [0.3, 0.4) is 0 Å². The van der Waals surface area contributed by atoms with Crippen LogP contribution in [0.5, 0.6) is 0 Å². The van der Waals surface area contributed by atoms with Crippen LogP contribution < -0.4 is 0 Å². The summed E-state index contributed by atoms with van der Waals surface area (Å²) in [6.45, 7) is 0.846. The number of pyridine rings is 2. The first-order chi connectivity index (χ1) is 10.2. The number of aromatic nitrogens is 2. The van der Waals surface area contributed by atoms with Crippen molar-refractivity contribution in [3.05, 3.63) is 41.9 Å². The third kappa shape index (κ3) is 2.54. The SMILES string of the molecule is N#Cc1cc2nc(C3=CCCN(C(=O)O)C3)ccc2cn1. The summed E-state index contributed by atoms with van der Waals surface area (Å²) in [5, 5.41) is 18.8. The normalized spacial score (nSPS) is 14.6. The number of carbonyl (C=O) groups is 1. The molecule has 104 valence electrons. The Hall–Kier alpha value is -2.94. The van der Waals surface area contributed by atoms with E-state index in [1.807, 2.05) is 24.3 Å². The zero-order chi connectivity index (χ0) is 14.8. The first kappa shape index (κ1) is 13.1. The van der Waals surface area contributed by atoms with E-state index in [0.29, 0.717) is 30.7 Å². The fraction of sp³-hybridized carbons (Fsp3) is 0.200. The van der Waals surface area contributed by atoms with E-state index in [4.69, 9.17) is 10.4 Å². The van der Waals surface area contributed by atoms with Gasteiger partial charge in [0.15, 0.2) is 0 Å². The van der Waals surface area contributed by atoms with Crippen LogP contribution in [0.25, 0.3) is 16.5 Å². The van der Waals surface area contributed by atoms with Crippen LogP contribution in [0.4, 0.5) is 4.79 Å². The summed E-state index contributed by atoms with van der Waals surface area (Å²) < 4.78 is 0. The average Bonchev–Trinajstić information content (AvgIpc) is 2.53. The topological polar surface area (TPSA) is 90.1 Å². The fourth-order valence-electron chi connectivity index (χ4n) is 2.35. The minimum absolute atomic E-state index is 0.317. The van der Waals surface area contributed by atoms with Gasteiger partial charge in [-0.05, 0) is 24.1 Å². The van der Waals surface area contributed by atoms with Crippen LogP contribution in [-0.2, 0) is 0 Å². The molecule has 0 bridgehead atoms. The second kappa shape index (κ2) is 5.21. The van der Waals surface area contributed by atoms with Gasteiger partial charge in [-0.1, -0.05) is 6.08 Å². The van der Waals surface area contributed by atoms with Gasteiger partial charge < -0.3 is 10.0 Å². The molecule has 1 aliphatic rings. The summed E-state index contributed by atoms with van der Waals surface area (Å²) in [6.07, 6.45) is 3.39. The molecule has 2 aromatic heterocycles. The average molecular weight is 280 g/mol. The number of hydrogen-bond donors (Lipinski definition) is 1. The number of carboxylic acid groups (broad SMARTS) is 1. The molecule has 1 amide bonds. The van der Waals surface area contributed by atoms with Crippen LogP contribution >= 0.6 is 0 Å². The number of hydrogen-bond acceptors (Lipinski definition) is 4. The summed E-state index contributed by atoms with van der Waals surface area (Å²) in [6, 6.07) is 7.36. The van der Waals surface area contributed by atoms with Crippen molar-refractivity contribution in [1.82, 2.24) is 14.9 Å². The second-order valence-corrected chi connectivity index (χ2v) is 4.79. The molecule has 0 saturated carbocycles. The Balaban J connectivity index is 1.99. The molecule has 0 unspecified atom stereocenters. The summed E-state index contributed by atoms with van der Waals surface area (Å²) in [5.74, 6) is 0. The van der Waals surface area contributed by atoms with Crippen molar-refractivity contribution in [2.45, 2.75) is 6.42 Å². The van der Waals surface area contributed by atoms with Gasteiger partial charge >= 0.3 is 6.09 Å². The second-order valence-electron chi connectivity index (χ2n) is 4.79. The van der Waals surface area contributed by atoms with Gasteiger partial charge in [-0.15, -0.1) is 0 Å². The van der Waals surface area contributed by atoms with Crippen molar-refractivity contribution < 1.29 is 9.90 Å². The maximum absolute atomic E-state index is 11.1. The Morgan fingerprint density at radius 1 is 1.43 bits per heavy atom. The van der Waals surface area contributed by atoms with Gasteiger partial charge in [0.1, 0.15) is 11.8 Å². The zero-order valence-electron chi connectivity index (χ0n) is 11.2. The van der Waals surface area contributed by atoms with Crippen LogP contribution in [0, 0.1) is 11.3 Å². The Morgan fingerprint density at radius 3 is 3.05 bits per heavy atom. The molecule has 0 atom stereocenters. The molecule has 6 nitrogen and oxygen atoms in total. The van der Waals surface area contributed by atoms with Crippen LogP contribution in [0.2, 0.25) is 0 Å². The summed E-state index contributed by atoms with van der Waals surface area (Å²) in [7, 11) is 0. The van der Waals surface area contributed by atoms with Crippen molar-refractivity contribution in [2.75, 3.05) is 13.1 Å². The summed E-state index contributed by atoms with van der Waals surface area (Å²) in [4.78, 5) is 21.0. The third-order valence-electron chi connectivity index (χ3n) is 3.44. The van der Waals surface area contributed by atoms with Crippen LogP contribution in [0.1, 0.15) is 17.8 Å². The zero-order valence-corrected chi connectivity index (χ0v) is 11.2.